The van der Waals surface area contributed by atoms with E-state index in [2.05, 4.69) is 14.5 Å². The lowest BCUT2D eigenvalue weighted by Gasteiger charge is -2.05. The Balaban J connectivity index is 1.64. The van der Waals surface area contributed by atoms with Gasteiger partial charge in [-0.25, -0.2) is 4.98 Å². The van der Waals surface area contributed by atoms with E-state index >= 15 is 0 Å². The van der Waals surface area contributed by atoms with Crippen LogP contribution >= 0.6 is 12.2 Å². The highest BCUT2D eigenvalue weighted by atomic mass is 32.1. The van der Waals surface area contributed by atoms with Crippen LogP contribution in [0.4, 0.5) is 0 Å². The van der Waals surface area contributed by atoms with Crippen LogP contribution in [0.2, 0.25) is 0 Å². The van der Waals surface area contributed by atoms with Gasteiger partial charge in [0.05, 0.1) is 5.52 Å². The van der Waals surface area contributed by atoms with Crippen molar-refractivity contribution in [3.8, 4) is 0 Å². The molecule has 1 saturated carbocycles. The van der Waals surface area contributed by atoms with Crippen LogP contribution in [0, 0.1) is 17.6 Å². The zero-order chi connectivity index (χ0) is 13.2. The number of aryl methyl sites for hydroxylation is 2. The zero-order valence-electron chi connectivity index (χ0n) is 11.2. The molecular weight excluding hydrogens is 258 g/mol. The standard InChI is InChI=1S/C14H19N3OS/c1-10-3-6-12-13(15-10)17(14(19)16-12)7-2-8-18-9-11-4-5-11/h3,6,11H,2,4-5,7-9H2,1H3,(H,16,19). The Morgan fingerprint density at radius 1 is 1.47 bits per heavy atom. The van der Waals surface area contributed by atoms with Gasteiger partial charge < -0.3 is 14.3 Å². The summed E-state index contributed by atoms with van der Waals surface area (Å²) in [5.74, 6) is 0.833. The summed E-state index contributed by atoms with van der Waals surface area (Å²) in [6.45, 7) is 4.59. The molecule has 1 N–H and O–H groups in total. The van der Waals surface area contributed by atoms with Gasteiger partial charge in [-0.1, -0.05) is 0 Å². The van der Waals surface area contributed by atoms with Crippen LogP contribution in [-0.4, -0.2) is 27.7 Å². The van der Waals surface area contributed by atoms with Gasteiger partial charge in [0.2, 0.25) is 0 Å². The van der Waals surface area contributed by atoms with Crippen LogP contribution in [0.5, 0.6) is 0 Å². The Labute approximate surface area is 117 Å². The van der Waals surface area contributed by atoms with E-state index < -0.39 is 0 Å². The lowest BCUT2D eigenvalue weighted by molar-refractivity contribution is 0.119. The van der Waals surface area contributed by atoms with E-state index in [1.807, 2.05) is 19.1 Å². The number of hydrogen-bond donors (Lipinski definition) is 1. The number of aromatic amines is 1. The molecule has 0 radical (unpaired) electrons. The molecule has 2 aromatic rings. The van der Waals surface area contributed by atoms with Gasteiger partial charge in [-0.2, -0.15) is 0 Å². The molecule has 5 heteroatoms. The molecule has 2 heterocycles. The summed E-state index contributed by atoms with van der Waals surface area (Å²) < 4.78 is 8.47. The normalized spacial score (nSPS) is 15.2. The highest BCUT2D eigenvalue weighted by Gasteiger charge is 2.20. The zero-order valence-corrected chi connectivity index (χ0v) is 12.0. The molecule has 0 aliphatic heterocycles. The minimum Gasteiger partial charge on any atom is -0.381 e. The monoisotopic (exact) mass is 277 g/mol. The molecule has 0 aromatic carbocycles. The predicted molar refractivity (Wildman–Crippen MR) is 77.8 cm³/mol. The van der Waals surface area contributed by atoms with Crippen molar-refractivity contribution in [3.63, 3.8) is 0 Å². The summed E-state index contributed by atoms with van der Waals surface area (Å²) in [4.78, 5) is 7.76. The quantitative estimate of drug-likeness (QED) is 0.651. The molecule has 19 heavy (non-hydrogen) atoms. The number of imidazole rings is 1. The van der Waals surface area contributed by atoms with E-state index in [1.54, 1.807) is 0 Å². The number of rotatable bonds is 6. The van der Waals surface area contributed by atoms with Crippen molar-refractivity contribution in [3.05, 3.63) is 22.6 Å². The van der Waals surface area contributed by atoms with Crippen molar-refractivity contribution in [1.29, 1.82) is 0 Å². The Morgan fingerprint density at radius 3 is 3.11 bits per heavy atom. The molecule has 1 aliphatic carbocycles. The molecule has 2 aromatic heterocycles. The van der Waals surface area contributed by atoms with E-state index in [-0.39, 0.29) is 0 Å². The maximum atomic E-state index is 5.65. The molecule has 1 aliphatic rings. The molecular formula is C14H19N3OS. The van der Waals surface area contributed by atoms with Gasteiger partial charge in [0.1, 0.15) is 0 Å². The van der Waals surface area contributed by atoms with Crippen LogP contribution < -0.4 is 0 Å². The SMILES string of the molecule is Cc1ccc2[nH]c(=S)n(CCCOCC3CC3)c2n1. The van der Waals surface area contributed by atoms with Crippen molar-refractivity contribution < 1.29 is 4.74 Å². The minimum atomic E-state index is 0.746. The highest BCUT2D eigenvalue weighted by Crippen LogP contribution is 2.28. The molecule has 0 unspecified atom stereocenters. The lowest BCUT2D eigenvalue weighted by Crippen LogP contribution is -2.05. The van der Waals surface area contributed by atoms with Gasteiger partial charge in [0.15, 0.2) is 10.4 Å². The average molecular weight is 277 g/mol. The Hall–Kier alpha value is -1.20. The van der Waals surface area contributed by atoms with Crippen LogP contribution in [-0.2, 0) is 11.3 Å². The molecule has 0 atom stereocenters. The third-order valence-corrected chi connectivity index (χ3v) is 3.80. The van der Waals surface area contributed by atoms with Gasteiger partial charge in [0, 0.05) is 25.5 Å². The summed E-state index contributed by atoms with van der Waals surface area (Å²) in [7, 11) is 0. The van der Waals surface area contributed by atoms with E-state index in [0.29, 0.717) is 0 Å². The van der Waals surface area contributed by atoms with Crippen LogP contribution in [0.15, 0.2) is 12.1 Å². The number of hydrogen-bond acceptors (Lipinski definition) is 3. The first-order valence-electron chi connectivity index (χ1n) is 6.88. The summed E-state index contributed by atoms with van der Waals surface area (Å²) in [6, 6.07) is 4.03. The van der Waals surface area contributed by atoms with Gasteiger partial charge >= 0.3 is 0 Å². The summed E-state index contributed by atoms with van der Waals surface area (Å²) in [5.41, 5.74) is 2.97. The highest BCUT2D eigenvalue weighted by molar-refractivity contribution is 7.71. The minimum absolute atomic E-state index is 0.746. The second-order valence-electron chi connectivity index (χ2n) is 5.28. The van der Waals surface area contributed by atoms with Crippen LogP contribution in [0.25, 0.3) is 11.2 Å². The fraction of sp³-hybridized carbons (Fsp3) is 0.571. The van der Waals surface area contributed by atoms with Crippen LogP contribution in [0.3, 0.4) is 0 Å². The van der Waals surface area contributed by atoms with E-state index in [4.69, 9.17) is 17.0 Å². The number of nitrogens with zero attached hydrogens (tertiary/aromatic N) is 2. The van der Waals surface area contributed by atoms with Gasteiger partial charge in [-0.05, 0) is 56.5 Å². The summed E-state index contributed by atoms with van der Waals surface area (Å²) in [6.07, 6.45) is 3.66. The third kappa shape index (κ3) is 3.04. The van der Waals surface area contributed by atoms with Crippen molar-refractivity contribution in [2.45, 2.75) is 32.7 Å². The number of ether oxygens (including phenoxy) is 1. The average Bonchev–Trinajstić information content (AvgIpc) is 3.15. The molecule has 4 nitrogen and oxygen atoms in total. The maximum absolute atomic E-state index is 5.65. The summed E-state index contributed by atoms with van der Waals surface area (Å²) in [5, 5.41) is 0. The Kier molecular flexibility index (Phi) is 3.66. The molecule has 102 valence electrons. The maximum Gasteiger partial charge on any atom is 0.179 e. The third-order valence-electron chi connectivity index (χ3n) is 3.48. The Bertz CT molecular complexity index is 627. The van der Waals surface area contributed by atoms with Gasteiger partial charge in [-0.3, -0.25) is 0 Å². The second-order valence-corrected chi connectivity index (χ2v) is 5.66. The smallest absolute Gasteiger partial charge is 0.179 e. The van der Waals surface area contributed by atoms with E-state index in [0.717, 1.165) is 53.7 Å². The van der Waals surface area contributed by atoms with Crippen molar-refractivity contribution >= 4 is 23.4 Å². The number of nitrogens with one attached hydrogen (secondary N) is 1. The van der Waals surface area contributed by atoms with Crippen molar-refractivity contribution in [2.24, 2.45) is 5.92 Å². The first-order chi connectivity index (χ1) is 9.24. The Morgan fingerprint density at radius 2 is 2.32 bits per heavy atom. The second kappa shape index (κ2) is 5.43. The molecule has 0 spiro atoms. The largest absolute Gasteiger partial charge is 0.381 e. The number of aromatic nitrogens is 3. The lowest BCUT2D eigenvalue weighted by atomic mass is 10.3. The van der Waals surface area contributed by atoms with Gasteiger partial charge in [0.25, 0.3) is 0 Å². The van der Waals surface area contributed by atoms with Crippen molar-refractivity contribution in [2.75, 3.05) is 13.2 Å². The molecule has 1 fully saturated rings. The van der Waals surface area contributed by atoms with Gasteiger partial charge in [-0.15, -0.1) is 0 Å². The molecule has 3 rings (SSSR count). The molecule has 0 bridgehead atoms. The molecule has 0 saturated heterocycles. The first-order valence-corrected chi connectivity index (χ1v) is 7.29. The summed E-state index contributed by atoms with van der Waals surface area (Å²) >= 11 is 5.35. The topological polar surface area (TPSA) is 42.8 Å². The fourth-order valence-corrected chi connectivity index (χ4v) is 2.48. The number of pyridine rings is 1. The van der Waals surface area contributed by atoms with E-state index in [9.17, 15) is 0 Å². The molecule has 0 amide bonds. The number of H-pyrrole nitrogens is 1. The van der Waals surface area contributed by atoms with Crippen LogP contribution in [0.1, 0.15) is 25.0 Å². The first kappa shape index (κ1) is 12.8. The van der Waals surface area contributed by atoms with Crippen molar-refractivity contribution in [1.82, 2.24) is 14.5 Å². The predicted octanol–water partition coefficient (Wildman–Crippen LogP) is 3.22. The number of fused-ring (bicyclic) bond motifs is 1. The van der Waals surface area contributed by atoms with E-state index in [1.165, 1.54) is 12.8 Å². The fourth-order valence-electron chi connectivity index (χ4n) is 2.19.